The van der Waals surface area contributed by atoms with Gasteiger partial charge in [-0.3, -0.25) is 14.4 Å². The van der Waals surface area contributed by atoms with E-state index in [9.17, 15) is 24.0 Å². The Morgan fingerprint density at radius 1 is 0.585 bits per heavy atom. The molecule has 7 aromatic rings. The molecule has 1 N–H and O–H groups in total. The number of rotatable bonds is 9. The van der Waals surface area contributed by atoms with Gasteiger partial charge in [-0.25, -0.2) is 14.6 Å². The van der Waals surface area contributed by atoms with Gasteiger partial charge >= 0.3 is 12.1 Å². The van der Waals surface area contributed by atoms with Gasteiger partial charge in [0.2, 0.25) is 0 Å². The number of ketones is 1. The van der Waals surface area contributed by atoms with E-state index < -0.39 is 35.5 Å². The number of carbonyl (C=O) groups is 5. The zero-order valence-corrected chi connectivity index (χ0v) is 51.8. The topological polar surface area (TPSA) is 145 Å². The minimum absolute atomic E-state index is 0.0106. The number of allylic oxidation sites excluding steroid dienone is 1. The van der Waals surface area contributed by atoms with Gasteiger partial charge in [-0.05, 0) is 149 Å². The number of Topliss-reactive ketones (excluding diaryl/α,β-unsaturated/α-hetero) is 1. The van der Waals surface area contributed by atoms with Crippen LogP contribution in [0.2, 0.25) is 0 Å². The summed E-state index contributed by atoms with van der Waals surface area (Å²) < 4.78 is 10.5. The Morgan fingerprint density at radius 3 is 1.51 bits per heavy atom. The lowest BCUT2D eigenvalue weighted by molar-refractivity contribution is -0.172. The summed E-state index contributed by atoms with van der Waals surface area (Å²) in [4.78, 5) is 67.8. The van der Waals surface area contributed by atoms with Gasteiger partial charge in [0.25, 0.3) is 11.8 Å². The molecular weight excluding hydrogens is 1020 g/mol. The third kappa shape index (κ3) is 18.8. The molecule has 1 atom stereocenters. The van der Waals surface area contributed by atoms with Crippen molar-refractivity contribution >= 4 is 51.9 Å². The van der Waals surface area contributed by atoms with Crippen molar-refractivity contribution in [3.8, 4) is 0 Å². The number of hydrogen-bond acceptors (Lipinski definition) is 9. The highest BCUT2D eigenvalue weighted by Crippen LogP contribution is 2.43. The second-order valence-corrected chi connectivity index (χ2v) is 26.0. The first-order valence-corrected chi connectivity index (χ1v) is 28.2. The van der Waals surface area contributed by atoms with Gasteiger partial charge in [0.1, 0.15) is 11.1 Å². The molecule has 0 unspecified atom stereocenters. The first-order chi connectivity index (χ1) is 38.1. The van der Waals surface area contributed by atoms with E-state index in [1.807, 2.05) is 18.2 Å². The summed E-state index contributed by atoms with van der Waals surface area (Å²) in [6, 6.07) is 49.0. The highest BCUT2D eigenvalue weighted by Gasteiger charge is 2.33. The van der Waals surface area contributed by atoms with E-state index in [2.05, 4.69) is 222 Å². The molecule has 8 rings (SSSR count). The lowest BCUT2D eigenvalue weighted by Crippen LogP contribution is -2.44. The quantitative estimate of drug-likeness (QED) is 0.110. The summed E-state index contributed by atoms with van der Waals surface area (Å²) >= 11 is 0. The van der Waals surface area contributed by atoms with Crippen LogP contribution >= 0.6 is 0 Å². The number of ether oxygens (including phenoxy) is 1. The van der Waals surface area contributed by atoms with Crippen molar-refractivity contribution in [3.63, 3.8) is 0 Å². The number of hydrogen-bond donors (Lipinski definition) is 1. The Hall–Kier alpha value is -7.92. The molecule has 434 valence electrons. The number of imide groups is 1. The average molecular weight is 1110 g/mol. The van der Waals surface area contributed by atoms with Crippen LogP contribution in [-0.4, -0.2) is 51.4 Å². The van der Waals surface area contributed by atoms with Gasteiger partial charge in [0, 0.05) is 19.3 Å². The van der Waals surface area contributed by atoms with E-state index in [1.165, 1.54) is 63.4 Å². The second-order valence-electron chi connectivity index (χ2n) is 26.0. The van der Waals surface area contributed by atoms with Crippen molar-refractivity contribution in [1.82, 2.24) is 15.4 Å². The number of fused-ring (bicyclic) bond motifs is 1. The van der Waals surface area contributed by atoms with E-state index in [0.717, 1.165) is 22.2 Å². The van der Waals surface area contributed by atoms with Crippen LogP contribution < -0.4 is 5.32 Å². The SMILES string of the molecule is CC(=O)[C@H](Cc1cc(C)c(C)cc1C(C)(C)C)NC(=O)OC(C)(C)C.CC(C)(C)C(=C(c1ccccc1)c1ccccc1)c1ccccc1.CC(C)(C)c1ccc(C(=O)ON2C(=O)CCC2=O)cc1.CC(C)(C)c1ccc2ocnc2c1. The van der Waals surface area contributed by atoms with Crippen LogP contribution in [0.4, 0.5) is 4.79 Å². The van der Waals surface area contributed by atoms with E-state index in [1.54, 1.807) is 32.9 Å². The third-order valence-electron chi connectivity index (χ3n) is 13.7. The number of oxazole rings is 1. The molecule has 6 aromatic carbocycles. The standard InChI is InChI=1S/C24H24.C21H33NO3.C15H17NO4.C11H13NO/c1-24(2,3)23(21-17-11-6-12-18-21)22(19-13-7-4-8-14-19)20-15-9-5-10-16-20;1-13-10-16(17(11-14(13)2)20(4,5)6)12-18(15(3)23)22-19(24)25-21(7,8)9;1-15(2,3)11-6-4-10(5-7-11)14(19)20-16-12(17)8-9-13(16)18;1-11(2,3)8-4-5-10-9(6-8)12-7-13-10/h4-18H,1-3H3;10-11,18H,12H2,1-9H3,(H,22,24);4-7H,8-9H2,1-3H3;4-7H,1-3H3/t;18-;;/m.0../s1. The van der Waals surface area contributed by atoms with Crippen molar-refractivity contribution in [3.05, 3.63) is 208 Å². The maximum atomic E-state index is 12.1. The number of aryl methyl sites for hydroxylation is 2. The van der Waals surface area contributed by atoms with Crippen molar-refractivity contribution in [2.45, 2.75) is 172 Å². The second kappa shape index (κ2) is 27.2. The maximum absolute atomic E-state index is 12.1. The minimum atomic E-state index is -0.700. The number of aromatic nitrogens is 1. The zero-order chi connectivity index (χ0) is 61.0. The summed E-state index contributed by atoms with van der Waals surface area (Å²) in [7, 11) is 0. The van der Waals surface area contributed by atoms with Crippen molar-refractivity contribution in [2.75, 3.05) is 0 Å². The van der Waals surface area contributed by atoms with E-state index >= 15 is 0 Å². The Bertz CT molecular complexity index is 3260. The summed E-state index contributed by atoms with van der Waals surface area (Å²) in [5.74, 6) is -1.73. The predicted molar refractivity (Wildman–Crippen MR) is 331 cm³/mol. The van der Waals surface area contributed by atoms with Crippen LogP contribution in [0.1, 0.15) is 184 Å². The van der Waals surface area contributed by atoms with Crippen LogP contribution in [0.5, 0.6) is 0 Å². The zero-order valence-electron chi connectivity index (χ0n) is 51.8. The number of nitrogens with one attached hydrogen (secondary N) is 1. The molecule has 11 nitrogen and oxygen atoms in total. The van der Waals surface area contributed by atoms with Crippen LogP contribution in [0.3, 0.4) is 0 Å². The summed E-state index contributed by atoms with van der Waals surface area (Å²) in [6.07, 6.45) is 1.57. The fourth-order valence-electron chi connectivity index (χ4n) is 9.16. The normalized spacial score (nSPS) is 13.1. The first kappa shape index (κ1) is 64.9. The Kier molecular flexibility index (Phi) is 21.6. The average Bonchev–Trinajstić information content (AvgIpc) is 3.85. The van der Waals surface area contributed by atoms with Gasteiger partial charge in [-0.15, -0.1) is 5.06 Å². The fraction of sp³-hybridized carbons (Fsp3) is 0.380. The molecule has 1 aliphatic heterocycles. The molecule has 0 aliphatic carbocycles. The predicted octanol–water partition coefficient (Wildman–Crippen LogP) is 16.6. The molecule has 0 spiro atoms. The van der Waals surface area contributed by atoms with Crippen LogP contribution in [0, 0.1) is 19.3 Å². The molecule has 3 amide bonds. The van der Waals surface area contributed by atoms with Crippen LogP contribution in [0.15, 0.2) is 156 Å². The molecule has 0 radical (unpaired) electrons. The molecule has 1 aromatic heterocycles. The van der Waals surface area contributed by atoms with Crippen molar-refractivity contribution < 1.29 is 38.0 Å². The third-order valence-corrected chi connectivity index (χ3v) is 13.7. The van der Waals surface area contributed by atoms with Gasteiger partial charge in [-0.1, -0.05) is 204 Å². The molecular formula is C71H87N3O8. The van der Waals surface area contributed by atoms with Gasteiger partial charge < -0.3 is 19.3 Å². The number of hydroxylamine groups is 2. The molecule has 82 heavy (non-hydrogen) atoms. The smallest absolute Gasteiger partial charge is 0.408 e. The highest BCUT2D eigenvalue weighted by atomic mass is 16.7. The highest BCUT2D eigenvalue weighted by molar-refractivity contribution is 6.03. The molecule has 1 saturated heterocycles. The van der Waals surface area contributed by atoms with E-state index in [0.29, 0.717) is 17.0 Å². The monoisotopic (exact) mass is 1110 g/mol. The van der Waals surface area contributed by atoms with Gasteiger partial charge in [0.05, 0.1) is 11.6 Å². The molecule has 0 saturated carbocycles. The van der Waals surface area contributed by atoms with Crippen molar-refractivity contribution in [2.24, 2.45) is 5.41 Å². The van der Waals surface area contributed by atoms with E-state index in [-0.39, 0.29) is 40.3 Å². The van der Waals surface area contributed by atoms with Gasteiger partial charge in [-0.2, -0.15) is 0 Å². The Balaban J connectivity index is 0.000000205. The Morgan fingerprint density at radius 2 is 1.06 bits per heavy atom. The molecule has 2 heterocycles. The number of alkyl carbamates (subject to hydrolysis) is 1. The summed E-state index contributed by atoms with van der Waals surface area (Å²) in [5.41, 5.74) is 15.2. The number of benzene rings is 6. The number of nitrogens with zero attached hydrogens (tertiary/aromatic N) is 2. The summed E-state index contributed by atoms with van der Waals surface area (Å²) in [6.45, 7) is 37.2. The Labute approximate surface area is 487 Å². The lowest BCUT2D eigenvalue weighted by atomic mass is 9.76. The largest absolute Gasteiger partial charge is 0.444 e. The maximum Gasteiger partial charge on any atom is 0.408 e. The molecule has 1 aliphatic rings. The number of carbonyl (C=O) groups excluding carboxylic acids is 5. The molecule has 11 heteroatoms. The first-order valence-electron chi connectivity index (χ1n) is 28.2. The van der Waals surface area contributed by atoms with E-state index in [4.69, 9.17) is 14.0 Å². The van der Waals surface area contributed by atoms with Gasteiger partial charge in [0.15, 0.2) is 17.8 Å². The molecule has 1 fully saturated rings. The fourth-order valence-corrected chi connectivity index (χ4v) is 9.16. The minimum Gasteiger partial charge on any atom is -0.444 e. The number of amides is 3. The lowest BCUT2D eigenvalue weighted by Gasteiger charge is -2.28. The van der Waals surface area contributed by atoms with Crippen LogP contribution in [0.25, 0.3) is 22.2 Å². The summed E-state index contributed by atoms with van der Waals surface area (Å²) in [5, 5.41) is 3.28. The van der Waals surface area contributed by atoms with Crippen molar-refractivity contribution in [1.29, 1.82) is 0 Å². The molecule has 0 bridgehead atoms. The van der Waals surface area contributed by atoms with Crippen LogP contribution in [-0.2, 0) is 46.6 Å².